The predicted molar refractivity (Wildman–Crippen MR) is 157 cm³/mol. The highest BCUT2D eigenvalue weighted by molar-refractivity contribution is 5.91. The molecule has 2 saturated heterocycles. The Morgan fingerprint density at radius 1 is 0.977 bits per heavy atom. The lowest BCUT2D eigenvalue weighted by atomic mass is 9.98. The number of carbonyl (C=O) groups is 3. The molecule has 0 aromatic heterocycles. The van der Waals surface area contributed by atoms with Crippen molar-refractivity contribution in [2.75, 3.05) is 33.3 Å². The maximum absolute atomic E-state index is 13.9. The number of carbonyl (C=O) groups excluding carboxylic acids is 3. The molecule has 3 aromatic carbocycles. The first-order valence-corrected chi connectivity index (χ1v) is 14.2. The van der Waals surface area contributed by atoms with Crippen LogP contribution in [0.1, 0.15) is 22.3 Å². The van der Waals surface area contributed by atoms with Gasteiger partial charge in [0.05, 0.1) is 26.3 Å². The van der Waals surface area contributed by atoms with Gasteiger partial charge in [0.2, 0.25) is 11.8 Å². The van der Waals surface area contributed by atoms with E-state index in [9.17, 15) is 23.9 Å². The van der Waals surface area contributed by atoms with Crippen LogP contribution in [0.3, 0.4) is 0 Å². The summed E-state index contributed by atoms with van der Waals surface area (Å²) in [4.78, 5) is 44.0. The Morgan fingerprint density at radius 2 is 1.63 bits per heavy atom. The molecule has 2 atom stereocenters. The van der Waals surface area contributed by atoms with E-state index in [0.29, 0.717) is 6.61 Å². The Morgan fingerprint density at radius 3 is 2.33 bits per heavy atom. The number of piperazine rings is 1. The van der Waals surface area contributed by atoms with E-state index in [4.69, 9.17) is 4.74 Å². The van der Waals surface area contributed by atoms with Crippen LogP contribution in [-0.2, 0) is 33.9 Å². The highest BCUT2D eigenvalue weighted by Gasteiger charge is 2.50. The molecule has 0 unspecified atom stereocenters. The van der Waals surface area contributed by atoms with Crippen LogP contribution in [0.15, 0.2) is 72.8 Å². The van der Waals surface area contributed by atoms with Crippen molar-refractivity contribution in [1.29, 1.82) is 0 Å². The van der Waals surface area contributed by atoms with Crippen molar-refractivity contribution in [3.8, 4) is 5.75 Å². The van der Waals surface area contributed by atoms with Crippen molar-refractivity contribution < 1.29 is 28.6 Å². The maximum Gasteiger partial charge on any atom is 0.334 e. The molecule has 2 aliphatic heterocycles. The number of aryl methyl sites for hydroxylation is 1. The van der Waals surface area contributed by atoms with Crippen LogP contribution in [0.25, 0.3) is 0 Å². The van der Waals surface area contributed by atoms with Crippen molar-refractivity contribution in [1.82, 2.24) is 25.1 Å². The van der Waals surface area contributed by atoms with E-state index >= 15 is 0 Å². The van der Waals surface area contributed by atoms with Gasteiger partial charge in [-0.05, 0) is 47.9 Å². The summed E-state index contributed by atoms with van der Waals surface area (Å²) in [6.07, 6.45) is -0.534. The molecule has 3 aromatic rings. The molecule has 0 spiro atoms. The number of halogens is 1. The number of benzene rings is 3. The maximum atomic E-state index is 13.9. The molecule has 10 nitrogen and oxygen atoms in total. The quantitative estimate of drug-likeness (QED) is 0.372. The molecule has 0 aliphatic carbocycles. The molecule has 2 heterocycles. The summed E-state index contributed by atoms with van der Waals surface area (Å²) in [7, 11) is 1.66. The van der Waals surface area contributed by atoms with Crippen LogP contribution >= 0.6 is 0 Å². The number of hydrazine groups is 1. The molecule has 2 fully saturated rings. The highest BCUT2D eigenvalue weighted by Crippen LogP contribution is 2.28. The average molecular weight is 590 g/mol. The summed E-state index contributed by atoms with van der Waals surface area (Å²) in [5, 5.41) is 15.6. The lowest BCUT2D eigenvalue weighted by Gasteiger charge is -2.54. The Balaban J connectivity index is 1.34. The number of hydrogen-bond donors (Lipinski definition) is 2. The molecular formula is C32H36FN5O5. The van der Waals surface area contributed by atoms with Crippen LogP contribution in [0.2, 0.25) is 0 Å². The Hall–Kier alpha value is -4.48. The molecule has 43 heavy (non-hydrogen) atoms. The molecule has 0 bridgehead atoms. The zero-order valence-corrected chi connectivity index (χ0v) is 24.3. The molecule has 2 N–H and O–H groups in total. The van der Waals surface area contributed by atoms with Gasteiger partial charge in [0.1, 0.15) is 23.8 Å². The number of rotatable bonds is 9. The van der Waals surface area contributed by atoms with Gasteiger partial charge in [0, 0.05) is 26.6 Å². The zero-order chi connectivity index (χ0) is 30.5. The monoisotopic (exact) mass is 589 g/mol. The average Bonchev–Trinajstić information content (AvgIpc) is 2.98. The van der Waals surface area contributed by atoms with Crippen molar-refractivity contribution in [2.45, 2.75) is 38.7 Å². The summed E-state index contributed by atoms with van der Waals surface area (Å²) >= 11 is 0. The molecular weight excluding hydrogens is 553 g/mol. The van der Waals surface area contributed by atoms with Gasteiger partial charge in [0.25, 0.3) is 0 Å². The van der Waals surface area contributed by atoms with Crippen molar-refractivity contribution in [2.24, 2.45) is 0 Å². The van der Waals surface area contributed by atoms with Gasteiger partial charge < -0.3 is 25.0 Å². The molecule has 4 amide bonds. The molecule has 5 rings (SSSR count). The van der Waals surface area contributed by atoms with Crippen molar-refractivity contribution in [3.63, 3.8) is 0 Å². The van der Waals surface area contributed by atoms with Crippen molar-refractivity contribution >= 4 is 17.8 Å². The number of hydrogen-bond acceptors (Lipinski definition) is 6. The fourth-order valence-electron chi connectivity index (χ4n) is 5.47. The third-order valence-electron chi connectivity index (χ3n) is 7.76. The summed E-state index contributed by atoms with van der Waals surface area (Å²) in [6.45, 7) is 3.16. The number of phenolic OH excluding ortho intramolecular Hbond substituents is 1. The van der Waals surface area contributed by atoms with Gasteiger partial charge in [-0.15, -0.1) is 0 Å². The summed E-state index contributed by atoms with van der Waals surface area (Å²) < 4.78 is 19.2. The molecule has 0 radical (unpaired) electrons. The minimum atomic E-state index is -0.853. The minimum Gasteiger partial charge on any atom is -0.508 e. The summed E-state index contributed by atoms with van der Waals surface area (Å²) in [6, 6.07) is 19.1. The number of urea groups is 1. The molecule has 0 saturated carbocycles. The van der Waals surface area contributed by atoms with E-state index in [-0.39, 0.29) is 62.6 Å². The third-order valence-corrected chi connectivity index (χ3v) is 7.76. The van der Waals surface area contributed by atoms with E-state index in [0.717, 1.165) is 22.3 Å². The van der Waals surface area contributed by atoms with E-state index in [1.54, 1.807) is 41.2 Å². The number of phenols is 1. The number of fused-ring (bicyclic) bond motifs is 1. The fourth-order valence-corrected chi connectivity index (χ4v) is 5.47. The van der Waals surface area contributed by atoms with Gasteiger partial charge in [-0.1, -0.05) is 54.1 Å². The van der Waals surface area contributed by atoms with E-state index in [2.05, 4.69) is 5.32 Å². The third kappa shape index (κ3) is 7.12. The van der Waals surface area contributed by atoms with E-state index in [1.807, 2.05) is 31.2 Å². The Bertz CT molecular complexity index is 1430. The minimum absolute atomic E-state index is 0.0838. The van der Waals surface area contributed by atoms with Crippen LogP contribution in [-0.4, -0.2) is 88.3 Å². The largest absolute Gasteiger partial charge is 0.508 e. The first-order chi connectivity index (χ1) is 20.7. The van der Waals surface area contributed by atoms with Gasteiger partial charge in [-0.25, -0.2) is 19.2 Å². The smallest absolute Gasteiger partial charge is 0.334 e. The SMILES string of the molecule is Cc1ccc(COCCN2C[C@H]3N(C(=O)CN(C)N3C(=O)NCc3ccc(F)cc3)[C@@H](Cc3ccc(O)cc3)C2=O)cc1. The standard InChI is InChI=1S/C32H36FN5O5/c1-22-3-5-25(6-4-22)21-43-16-15-36-19-29-37(28(31(36)41)17-23-9-13-27(39)14-10-23)30(40)20-35(2)38(29)32(42)34-18-24-7-11-26(33)12-8-24/h3-14,28-29,39H,15-21H2,1-2H3,(H,34,42)/t28-,29-/m0/s1. The van der Waals surface area contributed by atoms with Gasteiger partial charge >= 0.3 is 6.03 Å². The molecule has 226 valence electrons. The molecule has 2 aliphatic rings. The van der Waals surface area contributed by atoms with Crippen LogP contribution in [0.5, 0.6) is 5.75 Å². The summed E-state index contributed by atoms with van der Waals surface area (Å²) in [5.74, 6) is -0.756. The first-order valence-electron chi connectivity index (χ1n) is 14.2. The Kier molecular flexibility index (Phi) is 9.22. The van der Waals surface area contributed by atoms with Crippen LogP contribution in [0.4, 0.5) is 9.18 Å². The second-order valence-corrected chi connectivity index (χ2v) is 10.9. The summed E-state index contributed by atoms with van der Waals surface area (Å²) in [5.41, 5.74) is 3.67. The fraction of sp³-hybridized carbons (Fsp3) is 0.344. The lowest BCUT2D eigenvalue weighted by Crippen LogP contribution is -2.76. The Labute approximate surface area is 250 Å². The van der Waals surface area contributed by atoms with Gasteiger partial charge in [-0.3, -0.25) is 9.59 Å². The number of nitrogens with zero attached hydrogens (tertiary/aromatic N) is 4. The normalized spacial score (nSPS) is 19.0. The topological polar surface area (TPSA) is 106 Å². The number of likely N-dealkylation sites (N-methyl/N-ethyl adjacent to an activating group) is 1. The van der Waals surface area contributed by atoms with Crippen molar-refractivity contribution in [3.05, 3.63) is 101 Å². The first kappa shape index (κ1) is 30.0. The predicted octanol–water partition coefficient (Wildman–Crippen LogP) is 3.04. The highest BCUT2D eigenvalue weighted by atomic mass is 19.1. The van der Waals surface area contributed by atoms with E-state index < -0.39 is 18.2 Å². The lowest BCUT2D eigenvalue weighted by molar-refractivity contribution is -0.187. The van der Waals surface area contributed by atoms with Gasteiger partial charge in [-0.2, -0.15) is 0 Å². The number of amides is 4. The molecule has 11 heteroatoms. The number of aromatic hydroxyl groups is 1. The zero-order valence-electron chi connectivity index (χ0n) is 24.3. The number of ether oxygens (including phenoxy) is 1. The second kappa shape index (κ2) is 13.2. The number of nitrogens with one attached hydrogen (secondary N) is 1. The van der Waals surface area contributed by atoms with Gasteiger partial charge in [0.15, 0.2) is 0 Å². The second-order valence-electron chi connectivity index (χ2n) is 10.9. The van der Waals surface area contributed by atoms with Crippen LogP contribution < -0.4 is 5.32 Å². The van der Waals surface area contributed by atoms with E-state index in [1.165, 1.54) is 34.2 Å². The van der Waals surface area contributed by atoms with Crippen LogP contribution in [0, 0.1) is 12.7 Å².